The Morgan fingerprint density at radius 1 is 1.40 bits per heavy atom. The summed E-state index contributed by atoms with van der Waals surface area (Å²) >= 11 is 6.44. The highest BCUT2D eigenvalue weighted by Crippen LogP contribution is 2.29. The summed E-state index contributed by atoms with van der Waals surface area (Å²) in [6, 6.07) is 7.34. The Morgan fingerprint density at radius 2 is 2.15 bits per heavy atom. The van der Waals surface area contributed by atoms with Crippen LogP contribution in [0, 0.1) is 0 Å². The summed E-state index contributed by atoms with van der Waals surface area (Å²) in [6.45, 7) is 11.1. The predicted octanol–water partition coefficient (Wildman–Crippen LogP) is 3.15. The second-order valence-corrected chi connectivity index (χ2v) is 6.05. The smallest absolute Gasteiger partial charge is 0.0474 e. The van der Waals surface area contributed by atoms with E-state index in [9.17, 15) is 0 Å². The molecule has 0 aliphatic carbocycles. The number of hydrogen-bond acceptors (Lipinski definition) is 3. The van der Waals surface area contributed by atoms with Gasteiger partial charge in [-0.15, -0.1) is 0 Å². The van der Waals surface area contributed by atoms with E-state index in [0.717, 1.165) is 36.8 Å². The number of benzene rings is 1. The van der Waals surface area contributed by atoms with Crippen molar-refractivity contribution in [2.24, 2.45) is 0 Å². The first-order chi connectivity index (χ1) is 9.56. The van der Waals surface area contributed by atoms with E-state index in [4.69, 9.17) is 11.6 Å². The molecule has 1 saturated heterocycles. The Morgan fingerprint density at radius 3 is 2.70 bits per heavy atom. The minimum absolute atomic E-state index is 0.285. The van der Waals surface area contributed by atoms with Crippen molar-refractivity contribution in [3.8, 4) is 0 Å². The molecular formula is C16H26ClN3. The van der Waals surface area contributed by atoms with Crippen molar-refractivity contribution in [1.29, 1.82) is 0 Å². The third-order valence-electron chi connectivity index (χ3n) is 4.42. The SMILES string of the molecule is CCN1CCN(c2ccc(C(C)NC)c(Cl)c2)CC1C. The number of hydrogen-bond donors (Lipinski definition) is 1. The minimum Gasteiger partial charge on any atom is -0.369 e. The van der Waals surface area contributed by atoms with Gasteiger partial charge in [0.15, 0.2) is 0 Å². The van der Waals surface area contributed by atoms with Gasteiger partial charge in [0, 0.05) is 42.4 Å². The van der Waals surface area contributed by atoms with Crippen molar-refractivity contribution in [2.45, 2.75) is 32.9 Å². The van der Waals surface area contributed by atoms with Gasteiger partial charge in [-0.1, -0.05) is 24.6 Å². The van der Waals surface area contributed by atoms with E-state index in [0.29, 0.717) is 6.04 Å². The molecule has 1 fully saturated rings. The second-order valence-electron chi connectivity index (χ2n) is 5.64. The fourth-order valence-electron chi connectivity index (χ4n) is 2.92. The highest BCUT2D eigenvalue weighted by Gasteiger charge is 2.23. The lowest BCUT2D eigenvalue weighted by molar-refractivity contribution is 0.199. The Balaban J connectivity index is 2.12. The van der Waals surface area contributed by atoms with Crippen molar-refractivity contribution >= 4 is 17.3 Å². The van der Waals surface area contributed by atoms with Crippen LogP contribution in [0.15, 0.2) is 18.2 Å². The molecule has 1 heterocycles. The minimum atomic E-state index is 0.285. The first kappa shape index (κ1) is 15.6. The number of anilines is 1. The Hall–Kier alpha value is -0.770. The number of likely N-dealkylation sites (N-methyl/N-ethyl adjacent to an activating group) is 1. The van der Waals surface area contributed by atoms with Crippen LogP contribution in [0.4, 0.5) is 5.69 Å². The van der Waals surface area contributed by atoms with Gasteiger partial charge in [-0.05, 0) is 45.1 Å². The highest BCUT2D eigenvalue weighted by molar-refractivity contribution is 6.31. The number of rotatable bonds is 4. The van der Waals surface area contributed by atoms with Gasteiger partial charge < -0.3 is 10.2 Å². The van der Waals surface area contributed by atoms with Gasteiger partial charge in [-0.2, -0.15) is 0 Å². The Bertz CT molecular complexity index is 449. The van der Waals surface area contributed by atoms with Crippen LogP contribution < -0.4 is 10.2 Å². The van der Waals surface area contributed by atoms with Gasteiger partial charge in [0.25, 0.3) is 0 Å². The lowest BCUT2D eigenvalue weighted by Crippen LogP contribution is -2.51. The largest absolute Gasteiger partial charge is 0.369 e. The van der Waals surface area contributed by atoms with Crippen molar-refractivity contribution in [2.75, 3.05) is 38.1 Å². The van der Waals surface area contributed by atoms with E-state index in [1.165, 1.54) is 5.69 Å². The molecule has 0 bridgehead atoms. The van der Waals surface area contributed by atoms with Gasteiger partial charge in [-0.25, -0.2) is 0 Å². The first-order valence-corrected chi connectivity index (χ1v) is 7.90. The topological polar surface area (TPSA) is 18.5 Å². The average Bonchev–Trinajstić information content (AvgIpc) is 2.46. The molecule has 1 aromatic rings. The third kappa shape index (κ3) is 3.27. The molecule has 3 nitrogen and oxygen atoms in total. The van der Waals surface area contributed by atoms with Crippen LogP contribution in [0.25, 0.3) is 0 Å². The molecule has 20 heavy (non-hydrogen) atoms. The molecule has 112 valence electrons. The van der Waals surface area contributed by atoms with E-state index in [1.807, 2.05) is 7.05 Å². The molecule has 0 radical (unpaired) electrons. The van der Waals surface area contributed by atoms with Gasteiger partial charge in [0.1, 0.15) is 0 Å². The van der Waals surface area contributed by atoms with Gasteiger partial charge in [0.2, 0.25) is 0 Å². The quantitative estimate of drug-likeness (QED) is 0.920. The summed E-state index contributed by atoms with van der Waals surface area (Å²) < 4.78 is 0. The molecule has 0 aromatic heterocycles. The number of halogens is 1. The molecule has 1 aromatic carbocycles. The summed E-state index contributed by atoms with van der Waals surface area (Å²) in [5.74, 6) is 0. The molecular weight excluding hydrogens is 270 g/mol. The average molecular weight is 296 g/mol. The summed E-state index contributed by atoms with van der Waals surface area (Å²) in [5.41, 5.74) is 2.41. The van der Waals surface area contributed by atoms with Gasteiger partial charge >= 0.3 is 0 Å². The molecule has 2 unspecified atom stereocenters. The Kier molecular flexibility index (Phi) is 5.30. The summed E-state index contributed by atoms with van der Waals surface area (Å²) in [4.78, 5) is 4.96. The maximum atomic E-state index is 6.44. The lowest BCUT2D eigenvalue weighted by Gasteiger charge is -2.40. The number of nitrogens with one attached hydrogen (secondary N) is 1. The number of nitrogens with zero attached hydrogens (tertiary/aromatic N) is 2. The van der Waals surface area contributed by atoms with E-state index >= 15 is 0 Å². The normalized spacial score (nSPS) is 22.1. The molecule has 1 N–H and O–H groups in total. The summed E-state index contributed by atoms with van der Waals surface area (Å²) in [7, 11) is 1.96. The van der Waals surface area contributed by atoms with Crippen LogP contribution in [-0.2, 0) is 0 Å². The molecule has 1 aliphatic heterocycles. The maximum Gasteiger partial charge on any atom is 0.0474 e. The predicted molar refractivity (Wildman–Crippen MR) is 87.8 cm³/mol. The summed E-state index contributed by atoms with van der Waals surface area (Å²) in [5, 5.41) is 4.09. The Labute approximate surface area is 127 Å². The fraction of sp³-hybridized carbons (Fsp3) is 0.625. The number of piperazine rings is 1. The van der Waals surface area contributed by atoms with Crippen LogP contribution in [-0.4, -0.2) is 44.2 Å². The van der Waals surface area contributed by atoms with E-state index < -0.39 is 0 Å². The molecule has 1 aliphatic rings. The molecule has 4 heteroatoms. The fourth-order valence-corrected chi connectivity index (χ4v) is 3.26. The standard InChI is InChI=1S/C16H26ClN3/c1-5-19-8-9-20(11-12(19)2)14-6-7-15(13(3)18-4)16(17)10-14/h6-7,10,12-13,18H,5,8-9,11H2,1-4H3. The van der Waals surface area contributed by atoms with Crippen LogP contribution in [0.3, 0.4) is 0 Å². The molecule has 0 spiro atoms. The van der Waals surface area contributed by atoms with Gasteiger partial charge in [-0.3, -0.25) is 4.90 Å². The third-order valence-corrected chi connectivity index (χ3v) is 4.75. The van der Waals surface area contributed by atoms with Crippen molar-refractivity contribution in [3.05, 3.63) is 28.8 Å². The highest BCUT2D eigenvalue weighted by atomic mass is 35.5. The zero-order chi connectivity index (χ0) is 14.7. The van der Waals surface area contributed by atoms with Crippen molar-refractivity contribution in [3.63, 3.8) is 0 Å². The van der Waals surface area contributed by atoms with Crippen LogP contribution in [0.5, 0.6) is 0 Å². The van der Waals surface area contributed by atoms with Crippen molar-refractivity contribution in [1.82, 2.24) is 10.2 Å². The van der Waals surface area contributed by atoms with Gasteiger partial charge in [0.05, 0.1) is 0 Å². The van der Waals surface area contributed by atoms with Crippen LogP contribution in [0.1, 0.15) is 32.4 Å². The first-order valence-electron chi connectivity index (χ1n) is 7.52. The van der Waals surface area contributed by atoms with E-state index in [2.05, 4.69) is 54.1 Å². The molecule has 0 amide bonds. The van der Waals surface area contributed by atoms with Crippen LogP contribution in [0.2, 0.25) is 5.02 Å². The van der Waals surface area contributed by atoms with E-state index in [-0.39, 0.29) is 6.04 Å². The molecule has 0 saturated carbocycles. The second kappa shape index (κ2) is 6.79. The maximum absolute atomic E-state index is 6.44. The zero-order valence-corrected chi connectivity index (χ0v) is 13.7. The van der Waals surface area contributed by atoms with Crippen molar-refractivity contribution < 1.29 is 0 Å². The van der Waals surface area contributed by atoms with E-state index in [1.54, 1.807) is 0 Å². The lowest BCUT2D eigenvalue weighted by atomic mass is 10.1. The monoisotopic (exact) mass is 295 g/mol. The summed E-state index contributed by atoms with van der Waals surface area (Å²) in [6.07, 6.45) is 0. The molecule has 2 rings (SSSR count). The zero-order valence-electron chi connectivity index (χ0n) is 13.0. The molecule has 2 atom stereocenters. The van der Waals surface area contributed by atoms with Crippen LogP contribution >= 0.6 is 11.6 Å².